The molecular formula is C12H11F4NO3. The lowest BCUT2D eigenvalue weighted by Gasteiger charge is -2.21. The number of carboxylic acid groups (broad SMARTS) is 1. The standard InChI is InChI=1S/C12H11F4NO3/c1-11(2,10(19)20)17-9(18)6-4-3-5-7(8(6)13)12(14,15)16/h3-5H,1-2H3,(H,17,18)(H,19,20). The van der Waals surface area contributed by atoms with Crippen molar-refractivity contribution in [3.63, 3.8) is 0 Å². The van der Waals surface area contributed by atoms with Gasteiger partial charge < -0.3 is 10.4 Å². The van der Waals surface area contributed by atoms with Gasteiger partial charge >= 0.3 is 12.1 Å². The fraction of sp³-hybridized carbons (Fsp3) is 0.333. The first-order chi connectivity index (χ1) is 8.97. The number of hydrogen-bond acceptors (Lipinski definition) is 2. The number of aliphatic carboxylic acids is 1. The molecule has 0 unspecified atom stereocenters. The van der Waals surface area contributed by atoms with E-state index in [-0.39, 0.29) is 0 Å². The van der Waals surface area contributed by atoms with Crippen molar-refractivity contribution in [3.05, 3.63) is 35.1 Å². The Kier molecular flexibility index (Phi) is 4.07. The lowest BCUT2D eigenvalue weighted by Crippen LogP contribution is -2.49. The highest BCUT2D eigenvalue weighted by molar-refractivity contribution is 5.98. The van der Waals surface area contributed by atoms with Gasteiger partial charge in [0.05, 0.1) is 11.1 Å². The zero-order valence-electron chi connectivity index (χ0n) is 10.5. The second-order valence-electron chi connectivity index (χ2n) is 4.55. The Morgan fingerprint density at radius 2 is 1.75 bits per heavy atom. The van der Waals surface area contributed by atoms with E-state index in [2.05, 4.69) is 0 Å². The van der Waals surface area contributed by atoms with E-state index in [1.807, 2.05) is 5.32 Å². The number of alkyl halides is 3. The van der Waals surface area contributed by atoms with Crippen molar-refractivity contribution in [1.29, 1.82) is 0 Å². The molecule has 20 heavy (non-hydrogen) atoms. The summed E-state index contributed by atoms with van der Waals surface area (Å²) in [6, 6.07) is 2.21. The van der Waals surface area contributed by atoms with Crippen LogP contribution in [0, 0.1) is 5.82 Å². The first-order valence-electron chi connectivity index (χ1n) is 5.38. The van der Waals surface area contributed by atoms with Gasteiger partial charge in [-0.25, -0.2) is 9.18 Å². The second kappa shape index (κ2) is 5.10. The minimum atomic E-state index is -4.94. The number of carbonyl (C=O) groups excluding carboxylic acids is 1. The number of hydrogen-bond donors (Lipinski definition) is 2. The van der Waals surface area contributed by atoms with Crippen LogP contribution >= 0.6 is 0 Å². The van der Waals surface area contributed by atoms with Crippen LogP contribution in [0.4, 0.5) is 17.6 Å². The van der Waals surface area contributed by atoms with Crippen LogP contribution in [0.2, 0.25) is 0 Å². The van der Waals surface area contributed by atoms with Crippen LogP contribution in [0.1, 0.15) is 29.8 Å². The fourth-order valence-corrected chi connectivity index (χ4v) is 1.33. The number of amides is 1. The van der Waals surface area contributed by atoms with Crippen LogP contribution in [0.3, 0.4) is 0 Å². The summed E-state index contributed by atoms with van der Waals surface area (Å²) in [5, 5.41) is 10.7. The maximum atomic E-state index is 13.7. The van der Waals surface area contributed by atoms with Crippen molar-refractivity contribution in [2.24, 2.45) is 0 Å². The summed E-state index contributed by atoms with van der Waals surface area (Å²) in [6.45, 7) is 2.25. The molecule has 0 saturated heterocycles. The second-order valence-corrected chi connectivity index (χ2v) is 4.55. The number of benzene rings is 1. The van der Waals surface area contributed by atoms with Crippen LogP contribution in [-0.2, 0) is 11.0 Å². The molecule has 0 aliphatic carbocycles. The summed E-state index contributed by atoms with van der Waals surface area (Å²) in [5.74, 6) is -4.38. The van der Waals surface area contributed by atoms with E-state index in [1.54, 1.807) is 0 Å². The summed E-state index contributed by atoms with van der Waals surface area (Å²) in [6.07, 6.45) is -4.94. The molecule has 0 radical (unpaired) electrons. The van der Waals surface area contributed by atoms with Gasteiger partial charge in [-0.2, -0.15) is 13.2 Å². The highest BCUT2D eigenvalue weighted by atomic mass is 19.4. The van der Waals surface area contributed by atoms with Gasteiger partial charge in [0.1, 0.15) is 11.4 Å². The third-order valence-corrected chi connectivity index (χ3v) is 2.51. The molecule has 4 nitrogen and oxygen atoms in total. The van der Waals surface area contributed by atoms with Gasteiger partial charge in [0.2, 0.25) is 0 Å². The lowest BCUT2D eigenvalue weighted by molar-refractivity contribution is -0.143. The lowest BCUT2D eigenvalue weighted by atomic mass is 10.0. The van der Waals surface area contributed by atoms with E-state index in [0.717, 1.165) is 26.0 Å². The first-order valence-corrected chi connectivity index (χ1v) is 5.38. The quantitative estimate of drug-likeness (QED) is 0.841. The Morgan fingerprint density at radius 3 is 2.20 bits per heavy atom. The van der Waals surface area contributed by atoms with E-state index in [9.17, 15) is 27.2 Å². The highest BCUT2D eigenvalue weighted by Crippen LogP contribution is 2.32. The van der Waals surface area contributed by atoms with Crippen LogP contribution in [0.25, 0.3) is 0 Å². The van der Waals surface area contributed by atoms with E-state index < -0.39 is 40.5 Å². The van der Waals surface area contributed by atoms with Gasteiger partial charge in [-0.15, -0.1) is 0 Å². The van der Waals surface area contributed by atoms with Gasteiger partial charge in [-0.1, -0.05) is 6.07 Å². The molecule has 0 bridgehead atoms. The van der Waals surface area contributed by atoms with Gasteiger partial charge in [-0.3, -0.25) is 4.79 Å². The zero-order chi connectivity index (χ0) is 15.7. The van der Waals surface area contributed by atoms with Crippen molar-refractivity contribution in [3.8, 4) is 0 Å². The van der Waals surface area contributed by atoms with Crippen molar-refractivity contribution in [2.45, 2.75) is 25.6 Å². The number of halogens is 4. The van der Waals surface area contributed by atoms with Crippen molar-refractivity contribution in [1.82, 2.24) is 5.32 Å². The zero-order valence-corrected chi connectivity index (χ0v) is 10.5. The van der Waals surface area contributed by atoms with E-state index in [4.69, 9.17) is 5.11 Å². The Labute approximate surface area is 111 Å². The van der Waals surface area contributed by atoms with Crippen LogP contribution in [0.15, 0.2) is 18.2 Å². The molecular weight excluding hydrogens is 282 g/mol. The number of carboxylic acids is 1. The molecule has 1 amide bonds. The maximum absolute atomic E-state index is 13.7. The third-order valence-electron chi connectivity index (χ3n) is 2.51. The van der Waals surface area contributed by atoms with Gasteiger partial charge in [-0.05, 0) is 26.0 Å². The van der Waals surface area contributed by atoms with Crippen LogP contribution in [-0.4, -0.2) is 22.5 Å². The molecule has 0 saturated carbocycles. The summed E-state index contributed by atoms with van der Waals surface area (Å²) < 4.78 is 51.1. The Hall–Kier alpha value is -2.12. The van der Waals surface area contributed by atoms with Gasteiger partial charge in [0.25, 0.3) is 5.91 Å². The molecule has 110 valence electrons. The Morgan fingerprint density at radius 1 is 1.20 bits per heavy atom. The van der Waals surface area contributed by atoms with E-state index in [1.165, 1.54) is 0 Å². The molecule has 1 rings (SSSR count). The van der Waals surface area contributed by atoms with Crippen molar-refractivity contribution < 1.29 is 32.3 Å². The molecule has 0 aromatic heterocycles. The smallest absolute Gasteiger partial charge is 0.419 e. The monoisotopic (exact) mass is 293 g/mol. The largest absolute Gasteiger partial charge is 0.480 e. The predicted molar refractivity (Wildman–Crippen MR) is 60.6 cm³/mol. The topological polar surface area (TPSA) is 66.4 Å². The Bertz CT molecular complexity index is 552. The first kappa shape index (κ1) is 15.9. The van der Waals surface area contributed by atoms with Crippen molar-refractivity contribution >= 4 is 11.9 Å². The molecule has 1 aromatic carbocycles. The van der Waals surface area contributed by atoms with Crippen molar-refractivity contribution in [2.75, 3.05) is 0 Å². The summed E-state index contributed by atoms with van der Waals surface area (Å²) >= 11 is 0. The molecule has 0 spiro atoms. The summed E-state index contributed by atoms with van der Waals surface area (Å²) in [7, 11) is 0. The predicted octanol–water partition coefficient (Wildman–Crippen LogP) is 2.44. The van der Waals surface area contributed by atoms with Gasteiger partial charge in [0, 0.05) is 0 Å². The number of rotatable bonds is 3. The van der Waals surface area contributed by atoms with E-state index in [0.29, 0.717) is 6.07 Å². The molecule has 0 atom stereocenters. The van der Waals surface area contributed by atoms with Crippen LogP contribution < -0.4 is 5.32 Å². The molecule has 0 heterocycles. The Balaban J connectivity index is 3.16. The summed E-state index contributed by atoms with van der Waals surface area (Å²) in [4.78, 5) is 22.5. The molecule has 0 aliphatic heterocycles. The average Bonchev–Trinajstić information content (AvgIpc) is 2.26. The average molecular weight is 293 g/mol. The SMILES string of the molecule is CC(C)(NC(=O)c1cccc(C(F)(F)F)c1F)C(=O)O. The fourth-order valence-electron chi connectivity index (χ4n) is 1.33. The molecule has 1 aromatic rings. The molecule has 2 N–H and O–H groups in total. The minimum Gasteiger partial charge on any atom is -0.480 e. The highest BCUT2D eigenvalue weighted by Gasteiger charge is 2.37. The number of carbonyl (C=O) groups is 2. The normalized spacial score (nSPS) is 12.1. The molecule has 8 heteroatoms. The third kappa shape index (κ3) is 3.25. The van der Waals surface area contributed by atoms with Crippen LogP contribution in [0.5, 0.6) is 0 Å². The summed E-state index contributed by atoms with van der Waals surface area (Å²) in [5.41, 5.74) is -4.19. The maximum Gasteiger partial charge on any atom is 0.419 e. The van der Waals surface area contributed by atoms with E-state index >= 15 is 0 Å². The molecule has 0 aliphatic rings. The number of nitrogens with one attached hydrogen (secondary N) is 1. The molecule has 0 fully saturated rings. The minimum absolute atomic E-state index is 0.494. The van der Waals surface area contributed by atoms with Gasteiger partial charge in [0.15, 0.2) is 0 Å².